The lowest BCUT2D eigenvalue weighted by Crippen LogP contribution is -2.46. The fourth-order valence-corrected chi connectivity index (χ4v) is 5.16. The summed E-state index contributed by atoms with van der Waals surface area (Å²) in [4.78, 5) is 12.7. The molecule has 0 bridgehead atoms. The van der Waals surface area contributed by atoms with Crippen LogP contribution < -0.4 is 9.80 Å². The Morgan fingerprint density at radius 3 is 2.31 bits per heavy atom. The number of para-hydroxylation sites is 1. The van der Waals surface area contributed by atoms with Crippen LogP contribution in [0.15, 0.2) is 41.4 Å². The molecule has 2 aromatic heterocycles. The van der Waals surface area contributed by atoms with E-state index in [1.54, 1.807) is 12.1 Å². The standard InChI is InChI=1S/C18H17F3N4O2S2/c1-29(26,27)14-4-2-3-13-16(14)23-17(28-13)25-9-7-24(8-10-25)15-6-5-12(11-22-15)18(19,20)21/h2-6,11H,7-10H2,1H3. The third-order valence-corrected chi connectivity index (χ3v) is 6.93. The third-order valence-electron chi connectivity index (χ3n) is 4.72. The Morgan fingerprint density at radius 1 is 1.03 bits per heavy atom. The van der Waals surface area contributed by atoms with Crippen molar-refractivity contribution in [2.75, 3.05) is 42.2 Å². The average molecular weight is 442 g/mol. The molecule has 0 spiro atoms. The molecule has 3 heterocycles. The smallest absolute Gasteiger partial charge is 0.353 e. The van der Waals surface area contributed by atoms with E-state index in [2.05, 4.69) is 14.9 Å². The van der Waals surface area contributed by atoms with E-state index < -0.39 is 21.6 Å². The van der Waals surface area contributed by atoms with Gasteiger partial charge in [-0.3, -0.25) is 0 Å². The van der Waals surface area contributed by atoms with Crippen LogP contribution in [0, 0.1) is 0 Å². The highest BCUT2D eigenvalue weighted by Crippen LogP contribution is 2.33. The molecule has 0 N–H and O–H groups in total. The molecule has 0 saturated carbocycles. The predicted molar refractivity (Wildman–Crippen MR) is 106 cm³/mol. The molecule has 0 radical (unpaired) electrons. The summed E-state index contributed by atoms with van der Waals surface area (Å²) >= 11 is 1.43. The van der Waals surface area contributed by atoms with Crippen molar-refractivity contribution in [1.29, 1.82) is 0 Å². The monoisotopic (exact) mass is 442 g/mol. The van der Waals surface area contributed by atoms with Gasteiger partial charge < -0.3 is 9.80 Å². The van der Waals surface area contributed by atoms with Crippen LogP contribution in [-0.4, -0.2) is 50.8 Å². The van der Waals surface area contributed by atoms with Gasteiger partial charge in [0, 0.05) is 38.6 Å². The molecule has 11 heteroatoms. The molecule has 4 rings (SSSR count). The minimum Gasteiger partial charge on any atom is -0.353 e. The molecule has 1 aliphatic heterocycles. The lowest BCUT2D eigenvalue weighted by molar-refractivity contribution is -0.137. The van der Waals surface area contributed by atoms with Gasteiger partial charge in [-0.15, -0.1) is 0 Å². The SMILES string of the molecule is CS(=O)(=O)c1cccc2sc(N3CCN(c4ccc(C(F)(F)F)cn4)CC3)nc12. The van der Waals surface area contributed by atoms with Crippen molar-refractivity contribution < 1.29 is 21.6 Å². The third kappa shape index (κ3) is 4.01. The van der Waals surface area contributed by atoms with Crippen molar-refractivity contribution in [3.8, 4) is 0 Å². The van der Waals surface area contributed by atoms with Gasteiger partial charge in [0.15, 0.2) is 15.0 Å². The number of fused-ring (bicyclic) bond motifs is 1. The minimum atomic E-state index is -4.40. The van der Waals surface area contributed by atoms with Gasteiger partial charge in [-0.05, 0) is 24.3 Å². The maximum absolute atomic E-state index is 12.7. The molecular formula is C18H17F3N4O2S2. The molecule has 0 unspecified atom stereocenters. The van der Waals surface area contributed by atoms with Crippen molar-refractivity contribution in [2.45, 2.75) is 11.1 Å². The summed E-state index contributed by atoms with van der Waals surface area (Å²) in [5.41, 5.74) is -0.294. The normalized spacial score (nSPS) is 15.9. The number of nitrogens with zero attached hydrogens (tertiary/aromatic N) is 4. The van der Waals surface area contributed by atoms with Crippen LogP contribution in [0.2, 0.25) is 0 Å². The zero-order chi connectivity index (χ0) is 20.8. The summed E-state index contributed by atoms with van der Waals surface area (Å²) in [5.74, 6) is 0.501. The van der Waals surface area contributed by atoms with Gasteiger partial charge in [0.1, 0.15) is 11.3 Å². The number of benzene rings is 1. The average Bonchev–Trinajstić information content (AvgIpc) is 3.11. The fourth-order valence-electron chi connectivity index (χ4n) is 3.21. The van der Waals surface area contributed by atoms with Crippen molar-refractivity contribution in [3.05, 3.63) is 42.1 Å². The summed E-state index contributed by atoms with van der Waals surface area (Å²) < 4.78 is 62.8. The second kappa shape index (κ2) is 7.13. The molecule has 1 fully saturated rings. The van der Waals surface area contributed by atoms with E-state index in [0.29, 0.717) is 37.5 Å². The number of aromatic nitrogens is 2. The lowest BCUT2D eigenvalue weighted by atomic mass is 10.2. The minimum absolute atomic E-state index is 0.213. The second-order valence-electron chi connectivity index (χ2n) is 6.75. The van der Waals surface area contributed by atoms with Gasteiger partial charge in [0.25, 0.3) is 0 Å². The molecule has 0 amide bonds. The Labute approximate surface area is 169 Å². The van der Waals surface area contributed by atoms with Gasteiger partial charge >= 0.3 is 6.18 Å². The van der Waals surface area contributed by atoms with Crippen LogP contribution in [0.1, 0.15) is 5.56 Å². The van der Waals surface area contributed by atoms with Gasteiger partial charge in [0.05, 0.1) is 15.2 Å². The summed E-state index contributed by atoms with van der Waals surface area (Å²) in [6, 6.07) is 7.52. The Balaban J connectivity index is 1.50. The van der Waals surface area contributed by atoms with E-state index in [9.17, 15) is 21.6 Å². The molecule has 1 aromatic carbocycles. The van der Waals surface area contributed by atoms with Crippen LogP contribution in [-0.2, 0) is 16.0 Å². The van der Waals surface area contributed by atoms with Gasteiger partial charge in [-0.2, -0.15) is 13.2 Å². The number of halogens is 3. The summed E-state index contributed by atoms with van der Waals surface area (Å²) in [6.07, 6.45) is -2.39. The molecule has 154 valence electrons. The number of sulfone groups is 1. The first kappa shape index (κ1) is 19.9. The number of hydrogen-bond donors (Lipinski definition) is 0. The highest BCUT2D eigenvalue weighted by atomic mass is 32.2. The molecule has 1 aliphatic rings. The van der Waals surface area contributed by atoms with Crippen LogP contribution in [0.5, 0.6) is 0 Å². The van der Waals surface area contributed by atoms with E-state index in [4.69, 9.17) is 0 Å². The maximum atomic E-state index is 12.7. The van der Waals surface area contributed by atoms with Gasteiger partial charge in [-0.25, -0.2) is 18.4 Å². The first-order valence-electron chi connectivity index (χ1n) is 8.76. The van der Waals surface area contributed by atoms with E-state index in [0.717, 1.165) is 28.4 Å². The number of pyridine rings is 1. The van der Waals surface area contributed by atoms with E-state index >= 15 is 0 Å². The van der Waals surface area contributed by atoms with Crippen molar-refractivity contribution >= 4 is 42.3 Å². The fraction of sp³-hybridized carbons (Fsp3) is 0.333. The van der Waals surface area contributed by atoms with Crippen LogP contribution >= 0.6 is 11.3 Å². The van der Waals surface area contributed by atoms with Crippen LogP contribution in [0.25, 0.3) is 10.2 Å². The van der Waals surface area contributed by atoms with E-state index in [-0.39, 0.29) is 4.90 Å². The first-order valence-corrected chi connectivity index (χ1v) is 11.5. The zero-order valence-corrected chi connectivity index (χ0v) is 17.0. The van der Waals surface area contributed by atoms with Crippen LogP contribution in [0.3, 0.4) is 0 Å². The maximum Gasteiger partial charge on any atom is 0.417 e. The Bertz CT molecular complexity index is 1140. The highest BCUT2D eigenvalue weighted by Gasteiger charge is 2.31. The Morgan fingerprint density at radius 2 is 1.72 bits per heavy atom. The summed E-state index contributed by atoms with van der Waals surface area (Å²) in [6.45, 7) is 2.37. The van der Waals surface area contributed by atoms with Crippen LogP contribution in [0.4, 0.5) is 24.1 Å². The molecule has 0 aliphatic carbocycles. The number of hydrogen-bond acceptors (Lipinski definition) is 7. The Kier molecular flexibility index (Phi) is 4.89. The van der Waals surface area contributed by atoms with Gasteiger partial charge in [-0.1, -0.05) is 17.4 Å². The zero-order valence-electron chi connectivity index (χ0n) is 15.3. The number of rotatable bonds is 3. The van der Waals surface area contributed by atoms with Gasteiger partial charge in [0.2, 0.25) is 0 Å². The molecule has 6 nitrogen and oxygen atoms in total. The molecule has 0 atom stereocenters. The second-order valence-corrected chi connectivity index (χ2v) is 9.74. The summed E-state index contributed by atoms with van der Waals surface area (Å²) in [5, 5.41) is 0.733. The van der Waals surface area contributed by atoms with Crippen molar-refractivity contribution in [1.82, 2.24) is 9.97 Å². The number of alkyl halides is 3. The Hall–Kier alpha value is -2.40. The van der Waals surface area contributed by atoms with E-state index in [1.165, 1.54) is 17.4 Å². The number of thiazole rings is 1. The molecule has 3 aromatic rings. The largest absolute Gasteiger partial charge is 0.417 e. The molecule has 1 saturated heterocycles. The number of piperazine rings is 1. The summed E-state index contributed by atoms with van der Waals surface area (Å²) in [7, 11) is -3.38. The first-order chi connectivity index (χ1) is 13.6. The molecular weight excluding hydrogens is 425 g/mol. The van der Waals surface area contributed by atoms with Crippen molar-refractivity contribution in [2.24, 2.45) is 0 Å². The van der Waals surface area contributed by atoms with E-state index in [1.807, 2.05) is 11.0 Å². The lowest BCUT2D eigenvalue weighted by Gasteiger charge is -2.35. The quantitative estimate of drug-likeness (QED) is 0.619. The predicted octanol–water partition coefficient (Wildman–Crippen LogP) is 3.44. The topological polar surface area (TPSA) is 66.4 Å². The van der Waals surface area contributed by atoms with Crippen molar-refractivity contribution in [3.63, 3.8) is 0 Å². The highest BCUT2D eigenvalue weighted by molar-refractivity contribution is 7.91. The molecule has 29 heavy (non-hydrogen) atoms. The number of anilines is 2.